The van der Waals surface area contributed by atoms with Crippen LogP contribution in [0.4, 0.5) is 10.6 Å². The molecule has 1 aromatic rings. The summed E-state index contributed by atoms with van der Waals surface area (Å²) in [5.74, 6) is -0.226. The van der Waals surface area contributed by atoms with Crippen LogP contribution in [0.25, 0.3) is 0 Å². The monoisotopic (exact) mass is 337 g/mol. The highest BCUT2D eigenvalue weighted by atomic mass is 16.6. The number of rotatable bonds is 3. The van der Waals surface area contributed by atoms with Crippen molar-refractivity contribution in [3.63, 3.8) is 0 Å². The molecule has 1 atom stereocenters. The zero-order chi connectivity index (χ0) is 18.1. The molecule has 0 aromatic carbocycles. The lowest BCUT2D eigenvalue weighted by atomic mass is 9.90. The fraction of sp³-hybridized carbons (Fsp3) is 0.625. The van der Waals surface area contributed by atoms with Gasteiger partial charge >= 0.3 is 11.9 Å². The van der Waals surface area contributed by atoms with Crippen molar-refractivity contribution in [2.75, 3.05) is 13.1 Å². The molecule has 0 radical (unpaired) electrons. The normalized spacial score (nSPS) is 19.9. The van der Waals surface area contributed by atoms with E-state index in [9.17, 15) is 14.9 Å². The summed E-state index contributed by atoms with van der Waals surface area (Å²) in [7, 11) is 0. The number of nitrogens with zero attached hydrogens (tertiary/aromatic N) is 3. The van der Waals surface area contributed by atoms with Crippen molar-refractivity contribution in [1.82, 2.24) is 9.88 Å². The topological polar surface area (TPSA) is 94.8 Å². The summed E-state index contributed by atoms with van der Waals surface area (Å²) in [6, 6.07) is 3.09. The number of nitro groups is 1. The molecular formula is C16H23N3O5. The van der Waals surface area contributed by atoms with Crippen LogP contribution < -0.4 is 4.74 Å². The number of hydrogen-bond donors (Lipinski definition) is 0. The molecule has 0 N–H and O–H groups in total. The summed E-state index contributed by atoms with van der Waals surface area (Å²) in [6.45, 7) is 10.1. The van der Waals surface area contributed by atoms with Crippen LogP contribution in [-0.2, 0) is 4.74 Å². The molecule has 8 nitrogen and oxygen atoms in total. The van der Waals surface area contributed by atoms with Crippen LogP contribution in [0.15, 0.2) is 18.3 Å². The average Bonchev–Trinajstić information content (AvgIpc) is 2.73. The van der Waals surface area contributed by atoms with Crippen LogP contribution in [0.1, 0.15) is 34.6 Å². The Morgan fingerprint density at radius 2 is 2.12 bits per heavy atom. The molecule has 1 fully saturated rings. The zero-order valence-electron chi connectivity index (χ0n) is 14.6. The Kier molecular flexibility index (Phi) is 4.68. The summed E-state index contributed by atoms with van der Waals surface area (Å²) in [5.41, 5.74) is -0.955. The first-order chi connectivity index (χ1) is 11.0. The molecule has 1 amide bonds. The van der Waals surface area contributed by atoms with Gasteiger partial charge in [0.15, 0.2) is 0 Å². The first-order valence-corrected chi connectivity index (χ1v) is 7.73. The van der Waals surface area contributed by atoms with E-state index < -0.39 is 22.7 Å². The van der Waals surface area contributed by atoms with Gasteiger partial charge in [-0.25, -0.2) is 4.79 Å². The molecule has 1 aliphatic rings. The van der Waals surface area contributed by atoms with E-state index in [1.165, 1.54) is 12.3 Å². The van der Waals surface area contributed by atoms with Crippen molar-refractivity contribution < 1.29 is 19.2 Å². The van der Waals surface area contributed by atoms with E-state index in [0.717, 1.165) is 0 Å². The predicted octanol–water partition coefficient (Wildman–Crippen LogP) is 3.01. The quantitative estimate of drug-likeness (QED) is 0.621. The Hall–Kier alpha value is -2.38. The van der Waals surface area contributed by atoms with E-state index in [0.29, 0.717) is 13.1 Å². The summed E-state index contributed by atoms with van der Waals surface area (Å²) in [6.07, 6.45) is 0.535. The lowest BCUT2D eigenvalue weighted by Gasteiger charge is -2.25. The molecular weight excluding hydrogens is 314 g/mol. The number of carbonyl (C=O) groups excluding carboxylic acids is 1. The van der Waals surface area contributed by atoms with E-state index in [1.54, 1.807) is 31.7 Å². The second kappa shape index (κ2) is 6.26. The molecule has 1 saturated heterocycles. The highest BCUT2D eigenvalue weighted by molar-refractivity contribution is 5.68. The van der Waals surface area contributed by atoms with Gasteiger partial charge in [0.25, 0.3) is 0 Å². The lowest BCUT2D eigenvalue weighted by Crippen LogP contribution is -2.36. The van der Waals surface area contributed by atoms with Crippen LogP contribution in [0.3, 0.4) is 0 Å². The van der Waals surface area contributed by atoms with Crippen LogP contribution in [0, 0.1) is 15.5 Å². The third-order valence-electron chi connectivity index (χ3n) is 3.70. The second-order valence-corrected chi connectivity index (χ2v) is 7.54. The Morgan fingerprint density at radius 3 is 2.71 bits per heavy atom. The molecule has 0 aliphatic carbocycles. The van der Waals surface area contributed by atoms with Crippen LogP contribution in [-0.4, -0.2) is 45.7 Å². The fourth-order valence-electron chi connectivity index (χ4n) is 2.53. The molecule has 1 aromatic heterocycles. The van der Waals surface area contributed by atoms with Gasteiger partial charge in [-0.2, -0.15) is 0 Å². The minimum atomic E-state index is -0.581. The first kappa shape index (κ1) is 18.0. The largest absolute Gasteiger partial charge is 0.480 e. The second-order valence-electron chi connectivity index (χ2n) is 7.54. The van der Waals surface area contributed by atoms with Gasteiger partial charge in [0.1, 0.15) is 17.9 Å². The van der Waals surface area contributed by atoms with Crippen molar-refractivity contribution in [2.24, 2.45) is 5.41 Å². The molecule has 24 heavy (non-hydrogen) atoms. The highest BCUT2D eigenvalue weighted by Crippen LogP contribution is 2.35. The third-order valence-corrected chi connectivity index (χ3v) is 3.70. The van der Waals surface area contributed by atoms with Gasteiger partial charge < -0.3 is 24.5 Å². The van der Waals surface area contributed by atoms with Crippen LogP contribution in [0.5, 0.6) is 5.75 Å². The van der Waals surface area contributed by atoms with Gasteiger partial charge in [0, 0.05) is 12.0 Å². The summed E-state index contributed by atoms with van der Waals surface area (Å²) in [4.78, 5) is 28.0. The van der Waals surface area contributed by atoms with Crippen molar-refractivity contribution in [3.05, 3.63) is 28.4 Å². The third kappa shape index (κ3) is 4.12. The number of ether oxygens (including phenoxy) is 2. The summed E-state index contributed by atoms with van der Waals surface area (Å²) < 4.78 is 11.2. The number of likely N-dealkylation sites (tertiary alicyclic amines) is 1. The van der Waals surface area contributed by atoms with Crippen molar-refractivity contribution in [2.45, 2.75) is 46.3 Å². The van der Waals surface area contributed by atoms with Gasteiger partial charge in [0.2, 0.25) is 5.75 Å². The Labute approximate surface area is 140 Å². The number of carbonyl (C=O) groups is 1. The predicted molar refractivity (Wildman–Crippen MR) is 86.9 cm³/mol. The standard InChI is InChI=1S/C16H23N3O5/c1-15(2,3)24-14(20)18-9-12(16(4,5)10-18)23-11-7-6-8-17-13(11)19(21)22/h6-8,12H,9-10H2,1-5H3. The van der Waals surface area contributed by atoms with Gasteiger partial charge in [-0.15, -0.1) is 0 Å². The molecule has 1 aliphatic heterocycles. The van der Waals surface area contributed by atoms with Crippen molar-refractivity contribution >= 4 is 11.9 Å². The molecule has 0 saturated carbocycles. The van der Waals surface area contributed by atoms with Gasteiger partial charge in [-0.3, -0.25) is 0 Å². The van der Waals surface area contributed by atoms with Gasteiger partial charge in [-0.1, -0.05) is 13.8 Å². The number of amides is 1. The maximum atomic E-state index is 12.2. The van der Waals surface area contributed by atoms with Crippen molar-refractivity contribution in [1.29, 1.82) is 0 Å². The summed E-state index contributed by atoms with van der Waals surface area (Å²) in [5, 5.41) is 11.1. The maximum Gasteiger partial charge on any atom is 0.410 e. The Balaban J connectivity index is 2.14. The SMILES string of the molecule is CC(C)(C)OC(=O)N1CC(Oc2cccnc2[N+](=O)[O-])C(C)(C)C1. The minimum Gasteiger partial charge on any atom is -0.480 e. The molecule has 0 bridgehead atoms. The van der Waals surface area contributed by atoms with E-state index in [1.807, 2.05) is 13.8 Å². The van der Waals surface area contributed by atoms with E-state index in [4.69, 9.17) is 9.47 Å². The number of pyridine rings is 1. The van der Waals surface area contributed by atoms with E-state index in [-0.39, 0.29) is 17.0 Å². The molecule has 132 valence electrons. The minimum absolute atomic E-state index is 0.103. The molecule has 1 unspecified atom stereocenters. The lowest BCUT2D eigenvalue weighted by molar-refractivity contribution is -0.390. The van der Waals surface area contributed by atoms with Crippen LogP contribution in [0.2, 0.25) is 0 Å². The maximum absolute atomic E-state index is 12.2. The van der Waals surface area contributed by atoms with E-state index >= 15 is 0 Å². The first-order valence-electron chi connectivity index (χ1n) is 7.73. The number of aromatic nitrogens is 1. The zero-order valence-corrected chi connectivity index (χ0v) is 14.6. The molecule has 0 spiro atoms. The Morgan fingerprint density at radius 1 is 1.46 bits per heavy atom. The molecule has 8 heteroatoms. The molecule has 2 rings (SSSR count). The Bertz CT molecular complexity index is 639. The fourth-order valence-corrected chi connectivity index (χ4v) is 2.53. The van der Waals surface area contributed by atoms with E-state index in [2.05, 4.69) is 4.98 Å². The van der Waals surface area contributed by atoms with Gasteiger partial charge in [0.05, 0.1) is 6.54 Å². The van der Waals surface area contributed by atoms with Gasteiger partial charge in [-0.05, 0) is 42.8 Å². The number of hydrogen-bond acceptors (Lipinski definition) is 6. The average molecular weight is 337 g/mol. The summed E-state index contributed by atoms with van der Waals surface area (Å²) >= 11 is 0. The van der Waals surface area contributed by atoms with Crippen LogP contribution >= 0.6 is 0 Å². The molecule has 2 heterocycles. The highest BCUT2D eigenvalue weighted by Gasteiger charge is 2.45. The smallest absolute Gasteiger partial charge is 0.410 e. The van der Waals surface area contributed by atoms with Crippen molar-refractivity contribution in [3.8, 4) is 5.75 Å².